The Balaban J connectivity index is 2.47. The van der Waals surface area contributed by atoms with Gasteiger partial charge in [0.15, 0.2) is 0 Å². The van der Waals surface area contributed by atoms with Gasteiger partial charge < -0.3 is 10.6 Å². The van der Waals surface area contributed by atoms with Gasteiger partial charge in [-0.25, -0.2) is 4.98 Å². The molecule has 1 rings (SSSR count). The summed E-state index contributed by atoms with van der Waals surface area (Å²) >= 11 is 1.81. The summed E-state index contributed by atoms with van der Waals surface area (Å²) in [6.45, 7) is 5.83. The number of anilines is 1. The summed E-state index contributed by atoms with van der Waals surface area (Å²) in [5, 5.41) is 6.69. The predicted molar refractivity (Wildman–Crippen MR) is 82.9 cm³/mol. The van der Waals surface area contributed by atoms with Crippen molar-refractivity contribution in [2.75, 3.05) is 24.7 Å². The van der Waals surface area contributed by atoms with Crippen molar-refractivity contribution < 1.29 is 4.79 Å². The number of nitrogens with zero attached hydrogens (tertiary/aromatic N) is 1. The second-order valence-electron chi connectivity index (χ2n) is 4.45. The minimum absolute atomic E-state index is 0.0322. The van der Waals surface area contributed by atoms with Gasteiger partial charge in [0.1, 0.15) is 5.82 Å². The molecule has 1 atom stereocenters. The Morgan fingerprint density at radius 1 is 1.47 bits per heavy atom. The van der Waals surface area contributed by atoms with Gasteiger partial charge in [-0.2, -0.15) is 11.8 Å². The third-order valence-electron chi connectivity index (χ3n) is 2.82. The van der Waals surface area contributed by atoms with Gasteiger partial charge in [-0.3, -0.25) is 4.79 Å². The number of thioether (sulfide) groups is 1. The lowest BCUT2D eigenvalue weighted by Gasteiger charge is -2.10. The fourth-order valence-corrected chi connectivity index (χ4v) is 1.88. The Morgan fingerprint density at radius 2 is 2.26 bits per heavy atom. The minimum Gasteiger partial charge on any atom is -0.370 e. The molecular weight excluding hydrogens is 258 g/mol. The molecule has 1 aromatic heterocycles. The van der Waals surface area contributed by atoms with Gasteiger partial charge in [-0.05, 0) is 31.2 Å². The molecule has 4 nitrogen and oxygen atoms in total. The molecule has 0 aliphatic heterocycles. The Bertz CT molecular complexity index is 398. The van der Waals surface area contributed by atoms with Crippen LogP contribution in [0.25, 0.3) is 0 Å². The molecule has 0 spiro atoms. The molecule has 0 aromatic carbocycles. The van der Waals surface area contributed by atoms with E-state index in [0.29, 0.717) is 17.4 Å². The van der Waals surface area contributed by atoms with E-state index in [9.17, 15) is 4.79 Å². The average molecular weight is 281 g/mol. The zero-order valence-corrected chi connectivity index (χ0v) is 12.7. The van der Waals surface area contributed by atoms with E-state index < -0.39 is 0 Å². The van der Waals surface area contributed by atoms with Gasteiger partial charge in [-0.1, -0.05) is 13.8 Å². The molecule has 1 aromatic rings. The highest BCUT2D eigenvalue weighted by Gasteiger charge is 2.07. The Labute approximate surface area is 119 Å². The smallest absolute Gasteiger partial charge is 0.251 e. The largest absolute Gasteiger partial charge is 0.370 e. The fraction of sp³-hybridized carbons (Fsp3) is 0.571. The summed E-state index contributed by atoms with van der Waals surface area (Å²) in [5.74, 6) is 0.724. The maximum absolute atomic E-state index is 12.0. The fourth-order valence-electron chi connectivity index (χ4n) is 1.53. The third kappa shape index (κ3) is 5.96. The van der Waals surface area contributed by atoms with Crippen molar-refractivity contribution >= 4 is 23.5 Å². The van der Waals surface area contributed by atoms with Gasteiger partial charge in [0.25, 0.3) is 5.91 Å². The van der Waals surface area contributed by atoms with E-state index in [1.807, 2.05) is 11.8 Å². The first-order valence-electron chi connectivity index (χ1n) is 6.68. The maximum Gasteiger partial charge on any atom is 0.251 e. The molecule has 0 bridgehead atoms. The minimum atomic E-state index is -0.0322. The molecule has 5 heteroatoms. The normalized spacial score (nSPS) is 11.9. The number of rotatable bonds is 8. The van der Waals surface area contributed by atoms with E-state index in [2.05, 4.69) is 35.7 Å². The monoisotopic (exact) mass is 281 g/mol. The topological polar surface area (TPSA) is 54.0 Å². The van der Waals surface area contributed by atoms with Crippen LogP contribution < -0.4 is 10.6 Å². The van der Waals surface area contributed by atoms with Gasteiger partial charge in [0, 0.05) is 30.1 Å². The first-order valence-corrected chi connectivity index (χ1v) is 7.97. The summed E-state index contributed by atoms with van der Waals surface area (Å²) in [6.07, 6.45) is 5.77. The summed E-state index contributed by atoms with van der Waals surface area (Å²) in [7, 11) is 0. The Hall–Kier alpha value is -1.23. The molecule has 19 heavy (non-hydrogen) atoms. The van der Waals surface area contributed by atoms with Crippen LogP contribution in [0.3, 0.4) is 0 Å². The lowest BCUT2D eigenvalue weighted by Crippen LogP contribution is -2.26. The van der Waals surface area contributed by atoms with Crippen LogP contribution in [0, 0.1) is 0 Å². The van der Waals surface area contributed by atoms with Crippen molar-refractivity contribution in [3.05, 3.63) is 23.9 Å². The number of carbonyl (C=O) groups excluding carboxylic acids is 1. The number of aromatic nitrogens is 1. The van der Waals surface area contributed by atoms with Crippen molar-refractivity contribution in [2.45, 2.75) is 31.9 Å². The second kappa shape index (κ2) is 8.80. The molecule has 0 radical (unpaired) electrons. The van der Waals surface area contributed by atoms with Crippen LogP contribution in [0.15, 0.2) is 18.3 Å². The molecule has 0 saturated carbocycles. The van der Waals surface area contributed by atoms with Gasteiger partial charge in [0.2, 0.25) is 0 Å². The SMILES string of the molecule is CCCNc1cc(C(=O)NCCC(C)SC)ccn1. The standard InChI is InChI=1S/C14H23N3OS/c1-4-7-15-13-10-12(6-9-16-13)14(18)17-8-5-11(2)19-3/h6,9-11H,4-5,7-8H2,1-3H3,(H,15,16)(H,17,18). The quantitative estimate of drug-likeness (QED) is 0.769. The average Bonchev–Trinajstić information content (AvgIpc) is 2.45. The summed E-state index contributed by atoms with van der Waals surface area (Å²) in [4.78, 5) is 16.2. The Kier molecular flexibility index (Phi) is 7.33. The molecule has 0 saturated heterocycles. The van der Waals surface area contributed by atoms with Gasteiger partial charge >= 0.3 is 0 Å². The molecule has 1 amide bonds. The highest BCUT2D eigenvalue weighted by molar-refractivity contribution is 7.99. The van der Waals surface area contributed by atoms with Crippen LogP contribution in [0.4, 0.5) is 5.82 Å². The molecular formula is C14H23N3OS. The number of carbonyl (C=O) groups is 1. The molecule has 1 heterocycles. The summed E-state index contributed by atoms with van der Waals surface area (Å²) in [6, 6.07) is 3.54. The van der Waals surface area contributed by atoms with E-state index in [0.717, 1.165) is 25.2 Å². The molecule has 0 fully saturated rings. The lowest BCUT2D eigenvalue weighted by molar-refractivity contribution is 0.0953. The number of hydrogen-bond donors (Lipinski definition) is 2. The van der Waals surface area contributed by atoms with Crippen LogP contribution in [0.1, 0.15) is 37.0 Å². The maximum atomic E-state index is 12.0. The lowest BCUT2D eigenvalue weighted by atomic mass is 10.2. The molecule has 0 aliphatic carbocycles. The number of amides is 1. The van der Waals surface area contributed by atoms with Crippen LogP contribution in [-0.2, 0) is 0 Å². The van der Waals surface area contributed by atoms with E-state index >= 15 is 0 Å². The van der Waals surface area contributed by atoms with Gasteiger partial charge in [-0.15, -0.1) is 0 Å². The number of hydrogen-bond acceptors (Lipinski definition) is 4. The van der Waals surface area contributed by atoms with Crippen molar-refractivity contribution in [3.8, 4) is 0 Å². The zero-order valence-electron chi connectivity index (χ0n) is 11.9. The van der Waals surface area contributed by atoms with Crippen molar-refractivity contribution in [1.82, 2.24) is 10.3 Å². The first-order chi connectivity index (χ1) is 9.17. The highest BCUT2D eigenvalue weighted by atomic mass is 32.2. The first kappa shape index (κ1) is 15.8. The van der Waals surface area contributed by atoms with E-state index in [-0.39, 0.29) is 5.91 Å². The van der Waals surface area contributed by atoms with Crippen LogP contribution in [0.2, 0.25) is 0 Å². The van der Waals surface area contributed by atoms with Crippen molar-refractivity contribution in [2.24, 2.45) is 0 Å². The van der Waals surface area contributed by atoms with Crippen LogP contribution in [-0.4, -0.2) is 35.5 Å². The highest BCUT2D eigenvalue weighted by Crippen LogP contribution is 2.09. The second-order valence-corrected chi connectivity index (χ2v) is 5.72. The van der Waals surface area contributed by atoms with Crippen molar-refractivity contribution in [3.63, 3.8) is 0 Å². The zero-order chi connectivity index (χ0) is 14.1. The van der Waals surface area contributed by atoms with Crippen molar-refractivity contribution in [1.29, 1.82) is 0 Å². The summed E-state index contributed by atoms with van der Waals surface area (Å²) in [5.41, 5.74) is 0.658. The molecule has 0 aliphatic rings. The Morgan fingerprint density at radius 3 is 2.95 bits per heavy atom. The summed E-state index contributed by atoms with van der Waals surface area (Å²) < 4.78 is 0. The van der Waals surface area contributed by atoms with Crippen LogP contribution >= 0.6 is 11.8 Å². The van der Waals surface area contributed by atoms with E-state index in [1.165, 1.54) is 0 Å². The van der Waals surface area contributed by atoms with Crippen LogP contribution in [0.5, 0.6) is 0 Å². The number of nitrogens with one attached hydrogen (secondary N) is 2. The van der Waals surface area contributed by atoms with E-state index in [4.69, 9.17) is 0 Å². The molecule has 1 unspecified atom stereocenters. The van der Waals surface area contributed by atoms with Gasteiger partial charge in [0.05, 0.1) is 0 Å². The number of pyridine rings is 1. The third-order valence-corrected chi connectivity index (χ3v) is 3.86. The van der Waals surface area contributed by atoms with E-state index in [1.54, 1.807) is 18.3 Å². The molecule has 2 N–H and O–H groups in total. The molecule has 106 valence electrons. The predicted octanol–water partition coefficient (Wildman–Crippen LogP) is 2.77.